The first kappa shape index (κ1) is 21.1. The summed E-state index contributed by atoms with van der Waals surface area (Å²) in [4.78, 5) is 12.7. The smallest absolute Gasteiger partial charge is 0.258 e. The van der Waals surface area contributed by atoms with Crippen molar-refractivity contribution in [3.63, 3.8) is 0 Å². The third kappa shape index (κ3) is 4.16. The highest BCUT2D eigenvalue weighted by molar-refractivity contribution is 6.00. The van der Waals surface area contributed by atoms with Crippen LogP contribution in [0.25, 0.3) is 16.5 Å². The maximum absolute atomic E-state index is 12.7. The van der Waals surface area contributed by atoms with E-state index in [4.69, 9.17) is 5.10 Å². The summed E-state index contributed by atoms with van der Waals surface area (Å²) in [5.74, 6) is -0.174. The number of carbonyl (C=O) groups is 1. The summed E-state index contributed by atoms with van der Waals surface area (Å²) in [5.41, 5.74) is 14.2. The first-order valence-electron chi connectivity index (χ1n) is 11.0. The van der Waals surface area contributed by atoms with Crippen LogP contribution in [0, 0.1) is 13.8 Å². The van der Waals surface area contributed by atoms with Crippen LogP contribution in [0.1, 0.15) is 35.0 Å². The van der Waals surface area contributed by atoms with Gasteiger partial charge in [0.15, 0.2) is 0 Å². The van der Waals surface area contributed by atoms with Crippen LogP contribution in [0.2, 0.25) is 0 Å². The van der Waals surface area contributed by atoms with Gasteiger partial charge in [-0.15, -0.1) is 0 Å². The Kier molecular flexibility index (Phi) is 5.73. The third-order valence-corrected chi connectivity index (χ3v) is 6.12. The summed E-state index contributed by atoms with van der Waals surface area (Å²) in [6, 6.07) is 23.8. The molecule has 3 N–H and O–H groups in total. The minimum absolute atomic E-state index is 0.0136. The van der Waals surface area contributed by atoms with Crippen molar-refractivity contribution in [2.75, 3.05) is 0 Å². The van der Waals surface area contributed by atoms with Crippen LogP contribution < -0.4 is 16.3 Å². The summed E-state index contributed by atoms with van der Waals surface area (Å²) >= 11 is 0. The van der Waals surface area contributed by atoms with E-state index in [0.29, 0.717) is 6.42 Å². The number of carbonyl (C=O) groups excluding carboxylic acids is 1. The van der Waals surface area contributed by atoms with Crippen molar-refractivity contribution in [3.8, 4) is 5.69 Å². The Morgan fingerprint density at radius 3 is 2.64 bits per heavy atom. The Bertz CT molecular complexity index is 1320. The third-order valence-electron chi connectivity index (χ3n) is 6.12. The number of fused-ring (bicyclic) bond motifs is 1. The van der Waals surface area contributed by atoms with Crippen LogP contribution in [0.4, 0.5) is 0 Å². The first-order chi connectivity index (χ1) is 16.1. The van der Waals surface area contributed by atoms with Crippen LogP contribution in [-0.4, -0.2) is 27.9 Å². The molecular weight excluding hydrogens is 412 g/mol. The van der Waals surface area contributed by atoms with Crippen molar-refractivity contribution in [3.05, 3.63) is 95.3 Å². The van der Waals surface area contributed by atoms with Gasteiger partial charge in [-0.2, -0.15) is 10.2 Å². The van der Waals surface area contributed by atoms with E-state index < -0.39 is 6.04 Å². The molecule has 2 heterocycles. The van der Waals surface area contributed by atoms with Gasteiger partial charge in [-0.3, -0.25) is 4.79 Å². The van der Waals surface area contributed by atoms with Gasteiger partial charge in [0.1, 0.15) is 6.04 Å². The second-order valence-electron chi connectivity index (χ2n) is 8.26. The highest BCUT2D eigenvalue weighted by Crippen LogP contribution is 2.29. The molecule has 2 atom stereocenters. The number of hydrazine groups is 1. The van der Waals surface area contributed by atoms with Gasteiger partial charge >= 0.3 is 0 Å². The average molecular weight is 439 g/mol. The molecule has 0 saturated carbocycles. The van der Waals surface area contributed by atoms with Crippen molar-refractivity contribution >= 4 is 22.9 Å². The number of aromatic nitrogens is 2. The van der Waals surface area contributed by atoms with E-state index in [1.54, 1.807) is 6.21 Å². The minimum atomic E-state index is -0.390. The van der Waals surface area contributed by atoms with E-state index in [9.17, 15) is 4.79 Å². The molecule has 7 nitrogen and oxygen atoms in total. The van der Waals surface area contributed by atoms with E-state index in [-0.39, 0.29) is 11.9 Å². The number of nitrogens with zero attached hydrogens (tertiary/aromatic N) is 3. The first-order valence-corrected chi connectivity index (χ1v) is 11.0. The molecule has 1 fully saturated rings. The Balaban J connectivity index is 1.26. The zero-order valence-electron chi connectivity index (χ0n) is 18.6. The molecule has 1 amide bonds. The van der Waals surface area contributed by atoms with Crippen LogP contribution in [0.15, 0.2) is 77.9 Å². The van der Waals surface area contributed by atoms with Crippen LogP contribution in [0.5, 0.6) is 0 Å². The molecule has 4 aromatic rings. The largest absolute Gasteiger partial charge is 0.271 e. The molecule has 1 saturated heterocycles. The highest BCUT2D eigenvalue weighted by Gasteiger charge is 2.33. The number of hydrogen-bond donors (Lipinski definition) is 3. The van der Waals surface area contributed by atoms with E-state index in [2.05, 4.69) is 40.4 Å². The van der Waals surface area contributed by atoms with Crippen LogP contribution in [-0.2, 0) is 4.79 Å². The predicted molar refractivity (Wildman–Crippen MR) is 130 cm³/mol. The number of amides is 1. The molecule has 1 aliphatic rings. The van der Waals surface area contributed by atoms with Gasteiger partial charge in [0, 0.05) is 16.8 Å². The van der Waals surface area contributed by atoms with Gasteiger partial charge in [-0.05, 0) is 43.2 Å². The summed E-state index contributed by atoms with van der Waals surface area (Å²) < 4.78 is 1.95. The van der Waals surface area contributed by atoms with Crippen molar-refractivity contribution in [2.24, 2.45) is 5.10 Å². The average Bonchev–Trinajstić information content (AvgIpc) is 3.44. The zero-order chi connectivity index (χ0) is 22.8. The van der Waals surface area contributed by atoms with Gasteiger partial charge in [-0.1, -0.05) is 60.7 Å². The number of para-hydroxylation sites is 1. The molecule has 0 aliphatic carbocycles. The lowest BCUT2D eigenvalue weighted by Crippen LogP contribution is -2.41. The fraction of sp³-hybridized carbons (Fsp3) is 0.192. The number of rotatable bonds is 5. The molecule has 2 unspecified atom stereocenters. The fourth-order valence-corrected chi connectivity index (χ4v) is 4.50. The standard InChI is InChI=1S/C26H26N6O/c1-17-25(18(2)32(31-17)21-12-4-3-5-13-21)23-15-24(29-28-23)26(33)30-27-16-20-11-8-10-19-9-6-7-14-22(19)20/h3-14,16,23-24,28-29H,15H2,1-2H3,(H,30,33)/b27-16+. The number of nitrogens with one attached hydrogen (secondary N) is 3. The predicted octanol–water partition coefficient (Wildman–Crippen LogP) is 3.70. The molecule has 166 valence electrons. The maximum atomic E-state index is 12.7. The summed E-state index contributed by atoms with van der Waals surface area (Å²) in [6.07, 6.45) is 2.30. The second kappa shape index (κ2) is 8.97. The van der Waals surface area contributed by atoms with Gasteiger partial charge in [0.25, 0.3) is 5.91 Å². The molecule has 0 radical (unpaired) electrons. The Morgan fingerprint density at radius 1 is 1.03 bits per heavy atom. The molecule has 0 bridgehead atoms. The number of benzene rings is 3. The topological polar surface area (TPSA) is 83.3 Å². The van der Waals surface area contributed by atoms with Gasteiger partial charge in [-0.25, -0.2) is 21.0 Å². The molecule has 0 spiro atoms. The number of aryl methyl sites for hydroxylation is 1. The molecular formula is C26H26N6O. The highest BCUT2D eigenvalue weighted by atomic mass is 16.2. The lowest BCUT2D eigenvalue weighted by Gasteiger charge is -2.11. The molecule has 3 aromatic carbocycles. The normalized spacial score (nSPS) is 18.2. The second-order valence-corrected chi connectivity index (χ2v) is 8.26. The van der Waals surface area contributed by atoms with E-state index in [1.807, 2.05) is 72.3 Å². The van der Waals surface area contributed by atoms with Gasteiger partial charge in [0.05, 0.1) is 23.6 Å². The van der Waals surface area contributed by atoms with E-state index >= 15 is 0 Å². The SMILES string of the molecule is Cc1nn(-c2ccccc2)c(C)c1C1CC(C(=O)N/N=C/c2cccc3ccccc23)NN1. The van der Waals surface area contributed by atoms with Crippen molar-refractivity contribution in [2.45, 2.75) is 32.4 Å². The molecule has 33 heavy (non-hydrogen) atoms. The maximum Gasteiger partial charge on any atom is 0.258 e. The lowest BCUT2D eigenvalue weighted by atomic mass is 10.00. The lowest BCUT2D eigenvalue weighted by molar-refractivity contribution is -0.122. The van der Waals surface area contributed by atoms with Gasteiger partial charge in [0.2, 0.25) is 0 Å². The van der Waals surface area contributed by atoms with Crippen LogP contribution in [0.3, 0.4) is 0 Å². The summed E-state index contributed by atoms with van der Waals surface area (Å²) in [7, 11) is 0. The summed E-state index contributed by atoms with van der Waals surface area (Å²) in [6.45, 7) is 4.07. The fourth-order valence-electron chi connectivity index (χ4n) is 4.50. The monoisotopic (exact) mass is 438 g/mol. The number of hydrogen-bond acceptors (Lipinski definition) is 5. The van der Waals surface area contributed by atoms with Crippen molar-refractivity contribution < 1.29 is 4.79 Å². The molecule has 7 heteroatoms. The number of hydrazone groups is 1. The zero-order valence-corrected chi connectivity index (χ0v) is 18.6. The van der Waals surface area contributed by atoms with E-state index in [1.165, 1.54) is 0 Å². The molecule has 1 aliphatic heterocycles. The van der Waals surface area contributed by atoms with Crippen LogP contribution >= 0.6 is 0 Å². The minimum Gasteiger partial charge on any atom is -0.271 e. The van der Waals surface area contributed by atoms with Crippen molar-refractivity contribution in [1.29, 1.82) is 0 Å². The quantitative estimate of drug-likeness (QED) is 0.328. The Labute approximate surface area is 192 Å². The van der Waals surface area contributed by atoms with Crippen molar-refractivity contribution in [1.82, 2.24) is 26.1 Å². The molecule has 5 rings (SSSR count). The van der Waals surface area contributed by atoms with E-state index in [0.717, 1.165) is 39.0 Å². The Morgan fingerprint density at radius 2 is 1.79 bits per heavy atom. The molecule has 1 aromatic heterocycles. The van der Waals surface area contributed by atoms with Gasteiger partial charge < -0.3 is 0 Å². The summed E-state index contributed by atoms with van der Waals surface area (Å²) in [5, 5.41) is 11.2. The Hall–Kier alpha value is -3.81.